The Bertz CT molecular complexity index is 1110. The number of piperidine rings is 1. The molecule has 1 amide bonds. The van der Waals surface area contributed by atoms with Crippen LogP contribution in [0.5, 0.6) is 0 Å². The molecule has 1 aromatic heterocycles. The molecule has 6 rings (SSSR count). The Labute approximate surface area is 194 Å². The zero-order valence-electron chi connectivity index (χ0n) is 18.7. The average molecular weight is 444 g/mol. The maximum Gasteiger partial charge on any atom is 0.251 e. The highest BCUT2D eigenvalue weighted by atomic mass is 16.5. The third-order valence-corrected chi connectivity index (χ3v) is 6.14. The smallest absolute Gasteiger partial charge is 0.251 e. The van der Waals surface area contributed by atoms with E-state index in [-0.39, 0.29) is 5.91 Å². The zero-order valence-corrected chi connectivity index (χ0v) is 18.7. The number of carbonyl (C=O) groups is 1. The summed E-state index contributed by atoms with van der Waals surface area (Å²) in [7, 11) is 0. The van der Waals surface area contributed by atoms with E-state index in [9.17, 15) is 4.79 Å². The van der Waals surface area contributed by atoms with Gasteiger partial charge < -0.3 is 20.3 Å². The number of carbonyl (C=O) groups excluding carboxylic acids is 1. The number of hydrogen-bond donors (Lipinski definition) is 2. The van der Waals surface area contributed by atoms with Crippen molar-refractivity contribution in [2.75, 3.05) is 36.5 Å². The number of nitrogens with one attached hydrogen (secondary N) is 2. The van der Waals surface area contributed by atoms with Crippen LogP contribution in [-0.4, -0.2) is 42.1 Å². The molecule has 0 radical (unpaired) electrons. The molecule has 0 spiro atoms. The first-order valence-electron chi connectivity index (χ1n) is 11.7. The second-order valence-electron chi connectivity index (χ2n) is 8.52. The number of fused-ring (bicyclic) bond motifs is 8. The van der Waals surface area contributed by atoms with Crippen molar-refractivity contribution in [3.8, 4) is 11.3 Å². The number of aromatic nitrogens is 2. The van der Waals surface area contributed by atoms with Crippen molar-refractivity contribution in [3.05, 3.63) is 65.9 Å². The summed E-state index contributed by atoms with van der Waals surface area (Å²) in [5.41, 5.74) is 5.70. The van der Waals surface area contributed by atoms with Crippen LogP contribution in [0.4, 0.5) is 17.3 Å². The summed E-state index contributed by atoms with van der Waals surface area (Å²) in [5, 5.41) is 6.33. The standard InChI is InChI=1S/C26H29N5O2/c32-25-20-7-5-19(6-8-20)23-11-13-28-26(30-23)29-22-9-10-24(31-14-2-1-3-15-31)21(17-22)18-33-16-4-12-27-25/h5-11,13,17H,1-4,12,14-16,18H2,(H,27,32)(H,28,29,30). The lowest BCUT2D eigenvalue weighted by Crippen LogP contribution is -2.30. The van der Waals surface area contributed by atoms with Gasteiger partial charge in [-0.25, -0.2) is 9.97 Å². The van der Waals surface area contributed by atoms with E-state index in [0.717, 1.165) is 42.0 Å². The van der Waals surface area contributed by atoms with E-state index in [4.69, 9.17) is 4.74 Å². The normalized spacial score (nSPS) is 17.0. The van der Waals surface area contributed by atoms with Crippen LogP contribution in [0.2, 0.25) is 0 Å². The minimum atomic E-state index is -0.0761. The summed E-state index contributed by atoms with van der Waals surface area (Å²) in [6.07, 6.45) is 6.25. The molecule has 3 aliphatic rings. The fourth-order valence-electron chi connectivity index (χ4n) is 4.38. The van der Waals surface area contributed by atoms with Gasteiger partial charge in [0.25, 0.3) is 5.91 Å². The highest BCUT2D eigenvalue weighted by Crippen LogP contribution is 2.29. The lowest BCUT2D eigenvalue weighted by atomic mass is 10.1. The molecule has 0 unspecified atom stereocenters. The van der Waals surface area contributed by atoms with Crippen molar-refractivity contribution < 1.29 is 9.53 Å². The second-order valence-corrected chi connectivity index (χ2v) is 8.52. The molecule has 0 atom stereocenters. The molecule has 1 saturated heterocycles. The SMILES string of the molecule is O=C1NCCCOCc2cc(ccc2N2CCCCC2)Nc2nccc(n2)-c2ccc1cc2. The minimum Gasteiger partial charge on any atom is -0.377 e. The lowest BCUT2D eigenvalue weighted by Gasteiger charge is -2.31. The van der Waals surface area contributed by atoms with Gasteiger partial charge >= 0.3 is 0 Å². The quantitative estimate of drug-likeness (QED) is 0.575. The van der Waals surface area contributed by atoms with Gasteiger partial charge in [-0.15, -0.1) is 0 Å². The van der Waals surface area contributed by atoms with E-state index in [1.807, 2.05) is 30.3 Å². The van der Waals surface area contributed by atoms with Crippen LogP contribution >= 0.6 is 0 Å². The average Bonchev–Trinajstić information content (AvgIpc) is 2.86. The van der Waals surface area contributed by atoms with Gasteiger partial charge in [0.05, 0.1) is 12.3 Å². The summed E-state index contributed by atoms with van der Waals surface area (Å²) in [5.74, 6) is 0.459. The number of nitrogens with zero attached hydrogens (tertiary/aromatic N) is 3. The molecule has 3 aromatic rings. The van der Waals surface area contributed by atoms with E-state index in [2.05, 4.69) is 43.7 Å². The summed E-state index contributed by atoms with van der Waals surface area (Å²) in [6.45, 7) is 3.85. The van der Waals surface area contributed by atoms with Crippen molar-refractivity contribution >= 4 is 23.2 Å². The molecule has 7 heteroatoms. The fourth-order valence-corrected chi connectivity index (χ4v) is 4.38. The van der Waals surface area contributed by atoms with Crippen LogP contribution in [0.25, 0.3) is 11.3 Å². The Balaban J connectivity index is 1.46. The van der Waals surface area contributed by atoms with Gasteiger partial charge in [0.2, 0.25) is 5.95 Å². The van der Waals surface area contributed by atoms with Crippen LogP contribution in [0.3, 0.4) is 0 Å². The Morgan fingerprint density at radius 1 is 0.909 bits per heavy atom. The lowest BCUT2D eigenvalue weighted by molar-refractivity contribution is 0.0934. The predicted molar refractivity (Wildman–Crippen MR) is 130 cm³/mol. The molecule has 0 saturated carbocycles. The summed E-state index contributed by atoms with van der Waals surface area (Å²) in [4.78, 5) is 24.0. The van der Waals surface area contributed by atoms with Gasteiger partial charge in [-0.1, -0.05) is 12.1 Å². The summed E-state index contributed by atoms with van der Waals surface area (Å²) < 4.78 is 6.01. The summed E-state index contributed by atoms with van der Waals surface area (Å²) in [6, 6.07) is 15.8. The van der Waals surface area contributed by atoms with E-state index in [1.54, 1.807) is 6.20 Å². The molecule has 1 fully saturated rings. The van der Waals surface area contributed by atoms with Gasteiger partial charge in [-0.2, -0.15) is 0 Å². The molecule has 3 aliphatic heterocycles. The predicted octanol–water partition coefficient (Wildman–Crippen LogP) is 4.53. The number of amides is 1. The van der Waals surface area contributed by atoms with Crippen molar-refractivity contribution in [3.63, 3.8) is 0 Å². The Morgan fingerprint density at radius 2 is 1.73 bits per heavy atom. The highest BCUT2D eigenvalue weighted by Gasteiger charge is 2.16. The maximum absolute atomic E-state index is 12.4. The molecule has 33 heavy (non-hydrogen) atoms. The van der Waals surface area contributed by atoms with Gasteiger partial charge in [0.15, 0.2) is 0 Å². The van der Waals surface area contributed by atoms with E-state index in [1.165, 1.54) is 24.9 Å². The van der Waals surface area contributed by atoms with Gasteiger partial charge in [-0.3, -0.25) is 4.79 Å². The van der Waals surface area contributed by atoms with Crippen LogP contribution < -0.4 is 15.5 Å². The van der Waals surface area contributed by atoms with Crippen molar-refractivity contribution in [1.29, 1.82) is 0 Å². The number of hydrogen-bond acceptors (Lipinski definition) is 6. The fraction of sp³-hybridized carbons (Fsp3) is 0.346. The molecule has 2 N–H and O–H groups in total. The van der Waals surface area contributed by atoms with E-state index >= 15 is 0 Å². The topological polar surface area (TPSA) is 79.4 Å². The zero-order chi connectivity index (χ0) is 22.5. The van der Waals surface area contributed by atoms with Gasteiger partial charge in [0.1, 0.15) is 0 Å². The largest absolute Gasteiger partial charge is 0.377 e. The molecule has 4 heterocycles. The van der Waals surface area contributed by atoms with E-state index < -0.39 is 0 Å². The number of rotatable bonds is 1. The molecular weight excluding hydrogens is 414 g/mol. The van der Waals surface area contributed by atoms with Crippen molar-refractivity contribution in [2.45, 2.75) is 32.3 Å². The first kappa shape index (κ1) is 21.4. The molecular formula is C26H29N5O2. The van der Waals surface area contributed by atoms with E-state index in [0.29, 0.717) is 31.3 Å². The number of anilines is 3. The molecule has 6 bridgehead atoms. The first-order chi connectivity index (χ1) is 16.3. The Morgan fingerprint density at radius 3 is 2.58 bits per heavy atom. The van der Waals surface area contributed by atoms with Crippen LogP contribution in [0.15, 0.2) is 54.7 Å². The van der Waals surface area contributed by atoms with Gasteiger partial charge in [0, 0.05) is 60.5 Å². The highest BCUT2D eigenvalue weighted by molar-refractivity contribution is 5.94. The van der Waals surface area contributed by atoms with Crippen molar-refractivity contribution in [1.82, 2.24) is 15.3 Å². The Hall–Kier alpha value is -3.45. The second kappa shape index (κ2) is 10.0. The molecule has 170 valence electrons. The van der Waals surface area contributed by atoms with Crippen LogP contribution in [0, 0.1) is 0 Å². The molecule has 7 nitrogen and oxygen atoms in total. The number of ether oxygens (including phenoxy) is 1. The minimum absolute atomic E-state index is 0.0761. The third-order valence-electron chi connectivity index (χ3n) is 6.14. The number of benzene rings is 2. The maximum atomic E-state index is 12.4. The summed E-state index contributed by atoms with van der Waals surface area (Å²) >= 11 is 0. The van der Waals surface area contributed by atoms with Crippen LogP contribution in [-0.2, 0) is 11.3 Å². The van der Waals surface area contributed by atoms with Crippen molar-refractivity contribution in [2.24, 2.45) is 0 Å². The van der Waals surface area contributed by atoms with Crippen LogP contribution in [0.1, 0.15) is 41.6 Å². The molecule has 2 aromatic carbocycles. The monoisotopic (exact) mass is 443 g/mol. The molecule has 0 aliphatic carbocycles. The first-order valence-corrected chi connectivity index (χ1v) is 11.7. The Kier molecular flexibility index (Phi) is 6.48. The third kappa shape index (κ3) is 5.14. The van der Waals surface area contributed by atoms with Gasteiger partial charge in [-0.05, 0) is 62.1 Å².